The summed E-state index contributed by atoms with van der Waals surface area (Å²) in [7, 11) is 1.47. The summed E-state index contributed by atoms with van der Waals surface area (Å²) >= 11 is 5.94. The third-order valence-corrected chi connectivity index (χ3v) is 2.63. The number of nitrogens with zero attached hydrogens (tertiary/aromatic N) is 1. The van der Waals surface area contributed by atoms with E-state index in [0.717, 1.165) is 5.56 Å². The van der Waals surface area contributed by atoms with Gasteiger partial charge in [0.1, 0.15) is 11.6 Å². The van der Waals surface area contributed by atoms with Gasteiger partial charge in [-0.25, -0.2) is 0 Å². The first-order valence-electron chi connectivity index (χ1n) is 5.08. The highest BCUT2D eigenvalue weighted by Gasteiger charge is 2.11. The van der Waals surface area contributed by atoms with Gasteiger partial charge in [0.25, 0.3) is 0 Å². The minimum absolute atomic E-state index is 0.169. The lowest BCUT2D eigenvalue weighted by molar-refractivity contribution is -0.115. The molecule has 0 aliphatic carbocycles. The molecule has 0 heterocycles. The molecule has 0 saturated heterocycles. The average Bonchev–Trinajstić information content (AvgIpc) is 2.33. The van der Waals surface area contributed by atoms with Crippen LogP contribution in [0.25, 0.3) is 0 Å². The lowest BCUT2D eigenvalue weighted by atomic mass is 10.2. The van der Waals surface area contributed by atoms with E-state index in [4.69, 9.17) is 27.3 Å². The molecule has 98 valence electrons. The molecule has 0 aliphatic rings. The van der Waals surface area contributed by atoms with Gasteiger partial charge in [0, 0.05) is 11.1 Å². The van der Waals surface area contributed by atoms with Crippen LogP contribution in [0.5, 0.6) is 5.75 Å². The van der Waals surface area contributed by atoms with Crippen LogP contribution in [-0.2, 0) is 4.79 Å². The van der Waals surface area contributed by atoms with Gasteiger partial charge in [-0.3, -0.25) is 4.79 Å². The summed E-state index contributed by atoms with van der Waals surface area (Å²) in [6.07, 6.45) is -0.207. The van der Waals surface area contributed by atoms with Crippen LogP contribution < -0.4 is 15.8 Å². The number of anilines is 1. The maximum absolute atomic E-state index is 11.6. The number of aryl methyl sites for hydroxylation is 1. The number of amidine groups is 1. The summed E-state index contributed by atoms with van der Waals surface area (Å²) in [6, 6.07) is 3.29. The molecule has 0 spiro atoms. The fourth-order valence-corrected chi connectivity index (χ4v) is 1.48. The SMILES string of the molecule is COc1cc(Cl)c(C)cc1NC(=O)C/C(N)=N/O. The highest BCUT2D eigenvalue weighted by Crippen LogP contribution is 2.30. The Kier molecular flexibility index (Phi) is 4.79. The standard InChI is InChI=1S/C11H14ClN3O3/c1-6-3-8(9(18-2)4-7(6)12)14-11(16)5-10(13)15-17/h3-4,17H,5H2,1-2H3,(H2,13,15)(H,14,16). The zero-order chi connectivity index (χ0) is 13.7. The van der Waals surface area contributed by atoms with Crippen molar-refractivity contribution < 1.29 is 14.7 Å². The van der Waals surface area contributed by atoms with Crippen molar-refractivity contribution in [1.29, 1.82) is 0 Å². The number of carbonyl (C=O) groups excluding carboxylic acids is 1. The van der Waals surface area contributed by atoms with E-state index in [9.17, 15) is 4.79 Å². The van der Waals surface area contributed by atoms with E-state index in [2.05, 4.69) is 10.5 Å². The van der Waals surface area contributed by atoms with Crippen molar-refractivity contribution >= 4 is 29.0 Å². The van der Waals surface area contributed by atoms with Gasteiger partial charge in [-0.15, -0.1) is 0 Å². The Balaban J connectivity index is 2.90. The van der Waals surface area contributed by atoms with Crippen molar-refractivity contribution in [2.24, 2.45) is 10.9 Å². The Morgan fingerprint density at radius 3 is 2.83 bits per heavy atom. The average molecular weight is 272 g/mol. The molecule has 0 unspecified atom stereocenters. The minimum Gasteiger partial charge on any atom is -0.495 e. The Morgan fingerprint density at radius 2 is 2.28 bits per heavy atom. The number of nitrogens with one attached hydrogen (secondary N) is 1. The van der Waals surface area contributed by atoms with Crippen molar-refractivity contribution in [2.75, 3.05) is 12.4 Å². The maximum Gasteiger partial charge on any atom is 0.232 e. The van der Waals surface area contributed by atoms with Gasteiger partial charge in [-0.1, -0.05) is 16.8 Å². The minimum atomic E-state index is -0.412. The Hall–Kier alpha value is -1.95. The summed E-state index contributed by atoms with van der Waals surface area (Å²) < 4.78 is 5.10. The molecule has 1 aromatic carbocycles. The molecular weight excluding hydrogens is 258 g/mol. The lowest BCUT2D eigenvalue weighted by Gasteiger charge is -2.12. The zero-order valence-corrected chi connectivity index (χ0v) is 10.8. The van der Waals surface area contributed by atoms with Gasteiger partial charge in [0.15, 0.2) is 0 Å². The van der Waals surface area contributed by atoms with Crippen LogP contribution in [-0.4, -0.2) is 24.1 Å². The number of oxime groups is 1. The van der Waals surface area contributed by atoms with Gasteiger partial charge in [0.2, 0.25) is 5.91 Å². The van der Waals surface area contributed by atoms with Crippen LogP contribution in [0.3, 0.4) is 0 Å². The van der Waals surface area contributed by atoms with E-state index in [1.807, 2.05) is 0 Å². The number of halogens is 1. The normalized spacial score (nSPS) is 11.2. The maximum atomic E-state index is 11.6. The topological polar surface area (TPSA) is 96.9 Å². The first-order chi connectivity index (χ1) is 8.47. The van der Waals surface area contributed by atoms with Crippen LogP contribution in [0.15, 0.2) is 17.3 Å². The Morgan fingerprint density at radius 1 is 1.61 bits per heavy atom. The molecule has 0 bridgehead atoms. The molecular formula is C11H14ClN3O3. The first-order valence-corrected chi connectivity index (χ1v) is 5.46. The number of methoxy groups -OCH3 is 1. The third-order valence-electron chi connectivity index (χ3n) is 2.22. The number of amides is 1. The number of carbonyl (C=O) groups is 1. The van der Waals surface area contributed by atoms with E-state index in [1.54, 1.807) is 19.1 Å². The largest absolute Gasteiger partial charge is 0.495 e. The summed E-state index contributed by atoms with van der Waals surface area (Å²) in [6.45, 7) is 1.81. The number of hydrogen-bond donors (Lipinski definition) is 3. The van der Waals surface area contributed by atoms with Crippen LogP contribution in [0.2, 0.25) is 5.02 Å². The third kappa shape index (κ3) is 3.53. The van der Waals surface area contributed by atoms with Crippen molar-refractivity contribution in [2.45, 2.75) is 13.3 Å². The molecule has 0 atom stereocenters. The fourth-order valence-electron chi connectivity index (χ4n) is 1.32. The number of ether oxygens (including phenoxy) is 1. The van der Waals surface area contributed by atoms with Crippen molar-refractivity contribution in [3.8, 4) is 5.75 Å². The molecule has 0 radical (unpaired) electrons. The number of rotatable bonds is 4. The molecule has 1 rings (SSSR count). The van der Waals surface area contributed by atoms with E-state index in [0.29, 0.717) is 16.5 Å². The molecule has 6 nitrogen and oxygen atoms in total. The van der Waals surface area contributed by atoms with Gasteiger partial charge >= 0.3 is 0 Å². The zero-order valence-electron chi connectivity index (χ0n) is 10.0. The second kappa shape index (κ2) is 6.11. The van der Waals surface area contributed by atoms with Crippen LogP contribution in [0.1, 0.15) is 12.0 Å². The lowest BCUT2D eigenvalue weighted by Crippen LogP contribution is -2.22. The van der Waals surface area contributed by atoms with E-state index < -0.39 is 5.91 Å². The predicted molar refractivity (Wildman–Crippen MR) is 69.4 cm³/mol. The molecule has 1 amide bonds. The quantitative estimate of drug-likeness (QED) is 0.336. The molecule has 0 fully saturated rings. The Bertz CT molecular complexity index is 489. The van der Waals surface area contributed by atoms with Crippen LogP contribution >= 0.6 is 11.6 Å². The van der Waals surface area contributed by atoms with E-state index in [-0.39, 0.29) is 12.3 Å². The molecule has 7 heteroatoms. The summed E-state index contributed by atoms with van der Waals surface area (Å²) in [5.41, 5.74) is 6.52. The first kappa shape index (κ1) is 14.1. The van der Waals surface area contributed by atoms with Crippen molar-refractivity contribution in [3.05, 3.63) is 22.7 Å². The fraction of sp³-hybridized carbons (Fsp3) is 0.273. The Labute approximate surface area is 109 Å². The number of benzene rings is 1. The van der Waals surface area contributed by atoms with Gasteiger partial charge in [-0.2, -0.15) is 0 Å². The van der Waals surface area contributed by atoms with Gasteiger partial charge in [-0.05, 0) is 18.6 Å². The molecule has 0 aromatic heterocycles. The molecule has 1 aromatic rings. The summed E-state index contributed by atoms with van der Waals surface area (Å²) in [5.74, 6) is -0.138. The highest BCUT2D eigenvalue weighted by atomic mass is 35.5. The predicted octanol–water partition coefficient (Wildman–Crippen LogP) is 1.73. The van der Waals surface area contributed by atoms with E-state index >= 15 is 0 Å². The number of nitrogens with two attached hydrogens (primary N) is 1. The smallest absolute Gasteiger partial charge is 0.232 e. The monoisotopic (exact) mass is 271 g/mol. The highest BCUT2D eigenvalue weighted by molar-refractivity contribution is 6.31. The van der Waals surface area contributed by atoms with Crippen molar-refractivity contribution in [1.82, 2.24) is 0 Å². The molecule has 0 saturated carbocycles. The summed E-state index contributed by atoms with van der Waals surface area (Å²) in [4.78, 5) is 11.6. The van der Waals surface area contributed by atoms with Gasteiger partial charge in [0.05, 0.1) is 19.2 Å². The second-order valence-electron chi connectivity index (χ2n) is 3.62. The van der Waals surface area contributed by atoms with Crippen LogP contribution in [0.4, 0.5) is 5.69 Å². The van der Waals surface area contributed by atoms with Crippen molar-refractivity contribution in [3.63, 3.8) is 0 Å². The second-order valence-corrected chi connectivity index (χ2v) is 4.03. The van der Waals surface area contributed by atoms with Gasteiger partial charge < -0.3 is 21.0 Å². The van der Waals surface area contributed by atoms with Crippen LogP contribution in [0, 0.1) is 6.92 Å². The molecule has 0 aliphatic heterocycles. The summed E-state index contributed by atoms with van der Waals surface area (Å²) in [5, 5.41) is 14.2. The van der Waals surface area contributed by atoms with E-state index in [1.165, 1.54) is 7.11 Å². The molecule has 18 heavy (non-hydrogen) atoms. The number of hydrogen-bond acceptors (Lipinski definition) is 4. The molecule has 4 N–H and O–H groups in total.